The third-order valence-electron chi connectivity index (χ3n) is 5.38. The van der Waals surface area contributed by atoms with Crippen LogP contribution in [0.5, 0.6) is 5.75 Å². The van der Waals surface area contributed by atoms with Crippen molar-refractivity contribution >= 4 is 17.2 Å². The van der Waals surface area contributed by atoms with Crippen LogP contribution < -0.4 is 4.74 Å². The third kappa shape index (κ3) is 4.90. The fourth-order valence-electron chi connectivity index (χ4n) is 3.66. The zero-order chi connectivity index (χ0) is 21.6. The lowest BCUT2D eigenvalue weighted by molar-refractivity contribution is -0.132. The summed E-state index contributed by atoms with van der Waals surface area (Å²) >= 11 is 1.52. The number of methoxy groups -OCH3 is 1. The lowest BCUT2D eigenvalue weighted by Crippen LogP contribution is -2.49. The molecule has 0 bridgehead atoms. The molecule has 1 unspecified atom stereocenters. The molecule has 1 fully saturated rings. The van der Waals surface area contributed by atoms with Gasteiger partial charge in [-0.15, -0.1) is 11.3 Å². The Morgan fingerprint density at radius 3 is 2.65 bits per heavy atom. The number of benzene rings is 1. The normalized spacial score (nSPS) is 15.3. The van der Waals surface area contributed by atoms with Gasteiger partial charge in [0.2, 0.25) is 5.91 Å². The van der Waals surface area contributed by atoms with E-state index in [1.54, 1.807) is 19.5 Å². The van der Waals surface area contributed by atoms with Gasteiger partial charge in [0.15, 0.2) is 0 Å². The third-order valence-corrected chi connectivity index (χ3v) is 6.32. The number of piperazine rings is 1. The van der Waals surface area contributed by atoms with Gasteiger partial charge >= 0.3 is 0 Å². The summed E-state index contributed by atoms with van der Waals surface area (Å²) in [7, 11) is 1.62. The highest BCUT2D eigenvalue weighted by Crippen LogP contribution is 2.25. The molecule has 3 aromatic rings. The lowest BCUT2D eigenvalue weighted by atomic mass is 10.1. The quantitative estimate of drug-likeness (QED) is 0.594. The molecule has 0 radical (unpaired) electrons. The summed E-state index contributed by atoms with van der Waals surface area (Å²) in [4.78, 5) is 25.5. The van der Waals surface area contributed by atoms with Gasteiger partial charge in [-0.3, -0.25) is 14.7 Å². The van der Waals surface area contributed by atoms with Gasteiger partial charge < -0.3 is 9.64 Å². The van der Waals surface area contributed by atoms with E-state index >= 15 is 0 Å². The highest BCUT2D eigenvalue weighted by Gasteiger charge is 2.27. The number of ether oxygens (including phenoxy) is 1. The zero-order valence-corrected chi connectivity index (χ0v) is 18.1. The van der Waals surface area contributed by atoms with Gasteiger partial charge in [-0.05, 0) is 29.8 Å². The van der Waals surface area contributed by atoms with Crippen molar-refractivity contribution in [1.82, 2.24) is 19.8 Å². The molecule has 0 aliphatic carbocycles. The summed E-state index contributed by atoms with van der Waals surface area (Å²) in [6, 6.07) is 13.5. The van der Waals surface area contributed by atoms with Crippen molar-refractivity contribution in [3.8, 4) is 22.4 Å². The Kier molecular flexibility index (Phi) is 6.55. The first-order valence-corrected chi connectivity index (χ1v) is 11.0. The van der Waals surface area contributed by atoms with Gasteiger partial charge in [0, 0.05) is 49.5 Å². The summed E-state index contributed by atoms with van der Waals surface area (Å²) in [5.41, 5.74) is 2.68. The SMILES string of the molecule is COc1ccc(C(C#N)N2CCN(C(=O)Cc3csc(-c4cccnc4)n3)CC2)cc1. The second-order valence-corrected chi connectivity index (χ2v) is 8.14. The van der Waals surface area contributed by atoms with E-state index in [0.29, 0.717) is 26.2 Å². The molecule has 8 heteroatoms. The van der Waals surface area contributed by atoms with Crippen LogP contribution in [-0.4, -0.2) is 59.0 Å². The van der Waals surface area contributed by atoms with Gasteiger partial charge in [0.25, 0.3) is 0 Å². The summed E-state index contributed by atoms with van der Waals surface area (Å²) in [5.74, 6) is 0.838. The van der Waals surface area contributed by atoms with E-state index in [-0.39, 0.29) is 18.4 Å². The van der Waals surface area contributed by atoms with Crippen molar-refractivity contribution in [3.05, 3.63) is 65.4 Å². The van der Waals surface area contributed by atoms with Crippen molar-refractivity contribution in [3.63, 3.8) is 0 Å². The fourth-order valence-corrected chi connectivity index (χ4v) is 4.47. The summed E-state index contributed by atoms with van der Waals surface area (Å²) < 4.78 is 5.20. The molecule has 1 saturated heterocycles. The molecule has 158 valence electrons. The maximum Gasteiger partial charge on any atom is 0.228 e. The number of rotatable bonds is 6. The molecular formula is C23H23N5O2S. The molecule has 0 spiro atoms. The number of hydrogen-bond donors (Lipinski definition) is 0. The maximum atomic E-state index is 12.8. The van der Waals surface area contributed by atoms with Gasteiger partial charge in [0.05, 0.1) is 25.3 Å². The molecule has 1 amide bonds. The van der Waals surface area contributed by atoms with Crippen molar-refractivity contribution in [2.45, 2.75) is 12.5 Å². The molecular weight excluding hydrogens is 410 g/mol. The van der Waals surface area contributed by atoms with Crippen LogP contribution >= 0.6 is 11.3 Å². The van der Waals surface area contributed by atoms with E-state index in [4.69, 9.17) is 4.74 Å². The van der Waals surface area contributed by atoms with Gasteiger partial charge in [0.1, 0.15) is 16.8 Å². The van der Waals surface area contributed by atoms with Crippen LogP contribution in [0.25, 0.3) is 10.6 Å². The summed E-state index contributed by atoms with van der Waals surface area (Å²) in [6.07, 6.45) is 3.79. The monoisotopic (exact) mass is 433 g/mol. The first-order valence-electron chi connectivity index (χ1n) is 10.1. The fraction of sp³-hybridized carbons (Fsp3) is 0.304. The molecule has 31 heavy (non-hydrogen) atoms. The number of amides is 1. The average molecular weight is 434 g/mol. The standard InChI is InChI=1S/C23H23N5O2S/c1-30-20-6-4-17(5-7-20)21(14-24)27-9-11-28(12-10-27)22(29)13-19-16-31-23(26-19)18-3-2-8-25-15-18/h2-8,15-16,21H,9-13H2,1H3. The van der Waals surface area contributed by atoms with E-state index in [2.05, 4.69) is 20.9 Å². The highest BCUT2D eigenvalue weighted by atomic mass is 32.1. The topological polar surface area (TPSA) is 82.4 Å². The van der Waals surface area contributed by atoms with Crippen LogP contribution in [0.1, 0.15) is 17.3 Å². The number of nitrogens with zero attached hydrogens (tertiary/aromatic N) is 5. The molecule has 1 aliphatic rings. The number of thiazole rings is 1. The molecule has 7 nitrogen and oxygen atoms in total. The van der Waals surface area contributed by atoms with Crippen LogP contribution in [0, 0.1) is 11.3 Å². The maximum absolute atomic E-state index is 12.8. The minimum atomic E-state index is -0.330. The van der Waals surface area contributed by atoms with Crippen molar-refractivity contribution in [2.24, 2.45) is 0 Å². The van der Waals surface area contributed by atoms with Crippen LogP contribution in [-0.2, 0) is 11.2 Å². The van der Waals surface area contributed by atoms with Crippen molar-refractivity contribution < 1.29 is 9.53 Å². The number of carbonyl (C=O) groups is 1. The molecule has 1 aliphatic heterocycles. The summed E-state index contributed by atoms with van der Waals surface area (Å²) in [6.45, 7) is 2.53. The van der Waals surface area contributed by atoms with Gasteiger partial charge in [-0.1, -0.05) is 12.1 Å². The number of hydrogen-bond acceptors (Lipinski definition) is 7. The first-order chi connectivity index (χ1) is 15.2. The number of aromatic nitrogens is 2. The van der Waals surface area contributed by atoms with Crippen LogP contribution in [0.4, 0.5) is 0 Å². The highest BCUT2D eigenvalue weighted by molar-refractivity contribution is 7.13. The molecule has 3 heterocycles. The Hall–Kier alpha value is -3.28. The van der Waals surface area contributed by atoms with E-state index in [1.807, 2.05) is 46.7 Å². The van der Waals surface area contributed by atoms with E-state index in [9.17, 15) is 10.1 Å². The van der Waals surface area contributed by atoms with Crippen LogP contribution in [0.3, 0.4) is 0 Å². The Morgan fingerprint density at radius 2 is 2.00 bits per heavy atom. The van der Waals surface area contributed by atoms with Crippen molar-refractivity contribution in [1.29, 1.82) is 5.26 Å². The predicted octanol–water partition coefficient (Wildman–Crippen LogP) is 3.17. The number of nitriles is 1. The molecule has 4 rings (SSSR count). The lowest BCUT2D eigenvalue weighted by Gasteiger charge is -2.37. The minimum absolute atomic E-state index is 0.0700. The molecule has 1 aromatic carbocycles. The van der Waals surface area contributed by atoms with Crippen LogP contribution in [0.15, 0.2) is 54.2 Å². The van der Waals surface area contributed by atoms with Gasteiger partial charge in [-0.2, -0.15) is 5.26 Å². The Labute approximate surface area is 185 Å². The average Bonchev–Trinajstić information content (AvgIpc) is 3.29. The number of pyridine rings is 1. The van der Waals surface area contributed by atoms with E-state index in [1.165, 1.54) is 11.3 Å². The molecule has 1 atom stereocenters. The Morgan fingerprint density at radius 1 is 1.23 bits per heavy atom. The number of carbonyl (C=O) groups excluding carboxylic acids is 1. The van der Waals surface area contributed by atoms with Gasteiger partial charge in [-0.25, -0.2) is 4.98 Å². The largest absolute Gasteiger partial charge is 0.497 e. The Balaban J connectivity index is 1.33. The smallest absolute Gasteiger partial charge is 0.228 e. The second-order valence-electron chi connectivity index (χ2n) is 7.28. The zero-order valence-electron chi connectivity index (χ0n) is 17.3. The van der Waals surface area contributed by atoms with E-state index in [0.717, 1.165) is 27.6 Å². The summed E-state index contributed by atoms with van der Waals surface area (Å²) in [5, 5.41) is 12.5. The minimum Gasteiger partial charge on any atom is -0.497 e. The predicted molar refractivity (Wildman–Crippen MR) is 119 cm³/mol. The van der Waals surface area contributed by atoms with Crippen LogP contribution in [0.2, 0.25) is 0 Å². The molecule has 0 N–H and O–H groups in total. The molecule has 2 aromatic heterocycles. The first kappa shape index (κ1) is 21.0. The van der Waals surface area contributed by atoms with Crippen molar-refractivity contribution in [2.75, 3.05) is 33.3 Å². The Bertz CT molecular complexity index is 1050. The van der Waals surface area contributed by atoms with E-state index < -0.39 is 0 Å². The molecule has 0 saturated carbocycles. The second kappa shape index (κ2) is 9.69.